The van der Waals surface area contributed by atoms with Crippen molar-refractivity contribution in [3.8, 4) is 12.3 Å². The summed E-state index contributed by atoms with van der Waals surface area (Å²) in [5.74, 6) is 3.89. The summed E-state index contributed by atoms with van der Waals surface area (Å²) in [4.78, 5) is 11.3. The van der Waals surface area contributed by atoms with Gasteiger partial charge in [-0.2, -0.15) is 0 Å². The third-order valence-corrected chi connectivity index (χ3v) is 2.94. The first kappa shape index (κ1) is 12.7. The van der Waals surface area contributed by atoms with E-state index in [9.17, 15) is 4.79 Å². The highest BCUT2D eigenvalue weighted by atomic mass is 32.2. The van der Waals surface area contributed by atoms with Crippen LogP contribution in [0.5, 0.6) is 0 Å². The van der Waals surface area contributed by atoms with E-state index in [0.29, 0.717) is 18.7 Å². The van der Waals surface area contributed by atoms with Gasteiger partial charge in [-0.25, -0.2) is 0 Å². The smallest absolute Gasteiger partial charge is 0.230 e. The fraction of sp³-hybridized carbons (Fsp3) is 0.308. The number of nitrogens with one attached hydrogen (secondary N) is 1. The number of benzene rings is 1. The molecule has 1 N–H and O–H groups in total. The van der Waals surface area contributed by atoms with Crippen LogP contribution in [-0.4, -0.2) is 18.2 Å². The fourth-order valence-corrected chi connectivity index (χ4v) is 1.98. The molecule has 1 aromatic carbocycles. The lowest BCUT2D eigenvalue weighted by molar-refractivity contribution is -0.118. The van der Waals surface area contributed by atoms with E-state index >= 15 is 0 Å². The quantitative estimate of drug-likeness (QED) is 0.602. The van der Waals surface area contributed by atoms with E-state index in [1.54, 1.807) is 11.8 Å². The van der Waals surface area contributed by atoms with E-state index in [2.05, 4.69) is 23.4 Å². The number of rotatable bonds is 6. The number of terminal acetylenes is 1. The first-order chi connectivity index (χ1) is 7.83. The Bertz CT molecular complexity index is 356. The second-order valence-electron chi connectivity index (χ2n) is 3.28. The minimum absolute atomic E-state index is 0.0520. The summed E-state index contributed by atoms with van der Waals surface area (Å²) in [6.07, 6.45) is 5.68. The molecule has 0 saturated heterocycles. The number of amides is 1. The van der Waals surface area contributed by atoms with Crippen molar-refractivity contribution in [2.45, 2.75) is 12.2 Å². The number of hydrogen-bond donors (Lipinski definition) is 1. The first-order valence-corrected chi connectivity index (χ1v) is 6.30. The van der Waals surface area contributed by atoms with Gasteiger partial charge in [0.1, 0.15) is 0 Å². The van der Waals surface area contributed by atoms with Crippen LogP contribution in [0, 0.1) is 12.3 Å². The lowest BCUT2D eigenvalue weighted by Gasteiger charge is -2.03. The molecule has 3 heteroatoms. The lowest BCUT2D eigenvalue weighted by Crippen LogP contribution is -2.25. The molecular formula is C13H15NOS. The third kappa shape index (κ3) is 5.47. The molecule has 0 atom stereocenters. The summed E-state index contributed by atoms with van der Waals surface area (Å²) in [5, 5.41) is 2.77. The van der Waals surface area contributed by atoms with Gasteiger partial charge in [0.05, 0.1) is 5.75 Å². The molecule has 1 rings (SSSR count). The highest BCUT2D eigenvalue weighted by Crippen LogP contribution is 2.10. The van der Waals surface area contributed by atoms with Crippen LogP contribution < -0.4 is 5.32 Å². The van der Waals surface area contributed by atoms with Gasteiger partial charge >= 0.3 is 0 Å². The highest BCUT2D eigenvalue weighted by Gasteiger charge is 2.00. The molecule has 16 heavy (non-hydrogen) atoms. The molecule has 0 aliphatic rings. The van der Waals surface area contributed by atoms with Crippen LogP contribution in [-0.2, 0) is 10.5 Å². The summed E-state index contributed by atoms with van der Waals surface area (Å²) in [7, 11) is 0. The maximum Gasteiger partial charge on any atom is 0.230 e. The molecule has 0 aliphatic carbocycles. The van der Waals surface area contributed by atoms with Crippen LogP contribution in [0.3, 0.4) is 0 Å². The van der Waals surface area contributed by atoms with Gasteiger partial charge in [-0.3, -0.25) is 4.79 Å². The average molecular weight is 233 g/mol. The summed E-state index contributed by atoms with van der Waals surface area (Å²) in [6, 6.07) is 10.1. The molecule has 2 nitrogen and oxygen atoms in total. The van der Waals surface area contributed by atoms with Crippen LogP contribution in [0.2, 0.25) is 0 Å². The van der Waals surface area contributed by atoms with Gasteiger partial charge in [0.2, 0.25) is 5.91 Å². The van der Waals surface area contributed by atoms with Gasteiger partial charge < -0.3 is 5.32 Å². The first-order valence-electron chi connectivity index (χ1n) is 5.15. The van der Waals surface area contributed by atoms with Crippen LogP contribution >= 0.6 is 11.8 Å². The Morgan fingerprint density at radius 2 is 2.12 bits per heavy atom. The van der Waals surface area contributed by atoms with Crippen LogP contribution in [0.4, 0.5) is 0 Å². The molecule has 1 amide bonds. The standard InChI is InChI=1S/C13H15NOS/c1-2-3-9-14-13(15)11-16-10-12-7-5-4-6-8-12/h1,4-8H,3,9-11H2,(H,14,15). The molecule has 1 aromatic rings. The Morgan fingerprint density at radius 3 is 2.81 bits per heavy atom. The zero-order valence-corrected chi connectivity index (χ0v) is 9.93. The second-order valence-corrected chi connectivity index (χ2v) is 4.27. The molecule has 0 fully saturated rings. The number of carbonyl (C=O) groups is 1. The molecule has 0 saturated carbocycles. The van der Waals surface area contributed by atoms with Crippen molar-refractivity contribution in [1.82, 2.24) is 5.32 Å². The molecule has 0 aliphatic heterocycles. The number of carbonyl (C=O) groups excluding carboxylic acids is 1. The molecule has 0 unspecified atom stereocenters. The van der Waals surface area contributed by atoms with Gasteiger partial charge in [0.15, 0.2) is 0 Å². The van der Waals surface area contributed by atoms with Crippen LogP contribution in [0.1, 0.15) is 12.0 Å². The van der Waals surface area contributed by atoms with Crippen molar-refractivity contribution in [1.29, 1.82) is 0 Å². The van der Waals surface area contributed by atoms with Gasteiger partial charge in [0.25, 0.3) is 0 Å². The van der Waals surface area contributed by atoms with Gasteiger partial charge in [-0.15, -0.1) is 24.1 Å². The van der Waals surface area contributed by atoms with Crippen molar-refractivity contribution in [2.75, 3.05) is 12.3 Å². The molecule has 0 heterocycles. The molecule has 0 aromatic heterocycles. The highest BCUT2D eigenvalue weighted by molar-refractivity contribution is 7.99. The topological polar surface area (TPSA) is 29.1 Å². The normalized spacial score (nSPS) is 9.44. The SMILES string of the molecule is C#CCCNC(=O)CSCc1ccccc1. The molecular weight excluding hydrogens is 218 g/mol. The predicted molar refractivity (Wildman–Crippen MR) is 69.1 cm³/mol. The molecule has 0 bridgehead atoms. The van der Waals surface area contributed by atoms with Crippen LogP contribution in [0.25, 0.3) is 0 Å². The maximum atomic E-state index is 11.3. The van der Waals surface area contributed by atoms with Crippen molar-refractivity contribution in [3.05, 3.63) is 35.9 Å². The predicted octanol–water partition coefficient (Wildman–Crippen LogP) is 2.06. The summed E-state index contributed by atoms with van der Waals surface area (Å²) >= 11 is 1.61. The summed E-state index contributed by atoms with van der Waals surface area (Å²) < 4.78 is 0. The Hall–Kier alpha value is -1.40. The summed E-state index contributed by atoms with van der Waals surface area (Å²) in [5.41, 5.74) is 1.24. The van der Waals surface area contributed by atoms with E-state index in [1.807, 2.05) is 18.2 Å². The fourth-order valence-electron chi connectivity index (χ4n) is 1.16. The molecule has 84 valence electrons. The summed E-state index contributed by atoms with van der Waals surface area (Å²) in [6.45, 7) is 0.571. The lowest BCUT2D eigenvalue weighted by atomic mass is 10.2. The van der Waals surface area contributed by atoms with Gasteiger partial charge in [-0.1, -0.05) is 30.3 Å². The molecule has 0 spiro atoms. The van der Waals surface area contributed by atoms with Crippen molar-refractivity contribution >= 4 is 17.7 Å². The van der Waals surface area contributed by atoms with E-state index in [-0.39, 0.29) is 5.91 Å². The van der Waals surface area contributed by atoms with Crippen molar-refractivity contribution < 1.29 is 4.79 Å². The second kappa shape index (κ2) is 7.84. The van der Waals surface area contributed by atoms with E-state index < -0.39 is 0 Å². The average Bonchev–Trinajstić information content (AvgIpc) is 2.31. The molecule has 0 radical (unpaired) electrons. The van der Waals surface area contributed by atoms with Gasteiger partial charge in [-0.05, 0) is 5.56 Å². The minimum atomic E-state index is 0.0520. The van der Waals surface area contributed by atoms with Crippen molar-refractivity contribution in [3.63, 3.8) is 0 Å². The zero-order valence-electron chi connectivity index (χ0n) is 9.11. The van der Waals surface area contributed by atoms with Crippen LogP contribution in [0.15, 0.2) is 30.3 Å². The Labute approximate surface area is 101 Å². The third-order valence-electron chi connectivity index (χ3n) is 1.94. The zero-order chi connectivity index (χ0) is 11.6. The Kier molecular flexibility index (Phi) is 6.20. The van der Waals surface area contributed by atoms with E-state index in [1.165, 1.54) is 5.56 Å². The van der Waals surface area contributed by atoms with E-state index in [4.69, 9.17) is 6.42 Å². The van der Waals surface area contributed by atoms with Gasteiger partial charge in [0, 0.05) is 18.7 Å². The number of hydrogen-bond acceptors (Lipinski definition) is 2. The largest absolute Gasteiger partial charge is 0.354 e. The monoisotopic (exact) mass is 233 g/mol. The Balaban J connectivity index is 2.12. The minimum Gasteiger partial charge on any atom is -0.354 e. The van der Waals surface area contributed by atoms with E-state index in [0.717, 1.165) is 5.75 Å². The maximum absolute atomic E-state index is 11.3. The Morgan fingerprint density at radius 1 is 1.38 bits per heavy atom. The number of thioether (sulfide) groups is 1. The van der Waals surface area contributed by atoms with Crippen molar-refractivity contribution in [2.24, 2.45) is 0 Å².